The summed E-state index contributed by atoms with van der Waals surface area (Å²) in [5.74, 6) is -0.130. The fourth-order valence-corrected chi connectivity index (χ4v) is 3.64. The standard InChI is InChI=1S/C19H28N6O4/c1-12(2)10-13-11-15(23-22-13)18(28)25-7-3-6-24(8-9-25)16(26)5-4-14-17(27)21-19(29)20-14/h11-12,14H,3-10H2,1-2H3,(H,22,23)(H2,20,21,27,29)/t14-/m0/s1. The summed E-state index contributed by atoms with van der Waals surface area (Å²) in [4.78, 5) is 51.4. The van der Waals surface area contributed by atoms with Gasteiger partial charge >= 0.3 is 6.03 Å². The number of amides is 5. The van der Waals surface area contributed by atoms with Crippen LogP contribution in [0.2, 0.25) is 0 Å². The molecule has 0 aromatic carbocycles. The molecule has 0 bridgehead atoms. The summed E-state index contributed by atoms with van der Waals surface area (Å²) in [6.07, 6.45) is 1.95. The molecule has 2 aliphatic rings. The summed E-state index contributed by atoms with van der Waals surface area (Å²) in [7, 11) is 0. The second-order valence-electron chi connectivity index (χ2n) is 7.96. The van der Waals surface area contributed by atoms with E-state index in [1.807, 2.05) is 0 Å². The molecular weight excluding hydrogens is 376 g/mol. The minimum absolute atomic E-state index is 0.0766. The molecule has 0 unspecified atom stereocenters. The molecule has 3 N–H and O–H groups in total. The summed E-state index contributed by atoms with van der Waals surface area (Å²) < 4.78 is 0. The topological polar surface area (TPSA) is 128 Å². The first-order chi connectivity index (χ1) is 13.8. The second kappa shape index (κ2) is 9.06. The molecule has 1 atom stereocenters. The smallest absolute Gasteiger partial charge is 0.322 e. The van der Waals surface area contributed by atoms with Gasteiger partial charge in [0, 0.05) is 38.3 Å². The second-order valence-corrected chi connectivity index (χ2v) is 7.96. The number of nitrogens with zero attached hydrogens (tertiary/aromatic N) is 3. The van der Waals surface area contributed by atoms with Crippen LogP contribution in [-0.2, 0) is 16.0 Å². The highest BCUT2D eigenvalue weighted by atomic mass is 16.2. The van der Waals surface area contributed by atoms with E-state index in [0.29, 0.717) is 44.2 Å². The SMILES string of the molecule is CC(C)Cc1cc(C(=O)N2CCCN(C(=O)CC[C@@H]3NC(=O)NC3=O)CC2)n[nH]1. The van der Waals surface area contributed by atoms with Gasteiger partial charge in [-0.3, -0.25) is 24.8 Å². The van der Waals surface area contributed by atoms with Gasteiger partial charge in [-0.25, -0.2) is 4.79 Å². The van der Waals surface area contributed by atoms with Crippen molar-refractivity contribution in [2.75, 3.05) is 26.2 Å². The van der Waals surface area contributed by atoms with Crippen molar-refractivity contribution in [1.82, 2.24) is 30.6 Å². The maximum absolute atomic E-state index is 12.8. The molecule has 1 aromatic heterocycles. The zero-order chi connectivity index (χ0) is 21.0. The molecular formula is C19H28N6O4. The Hall–Kier alpha value is -2.91. The minimum Gasteiger partial charge on any atom is -0.341 e. The van der Waals surface area contributed by atoms with E-state index < -0.39 is 18.0 Å². The number of hydrogen-bond donors (Lipinski definition) is 3. The van der Waals surface area contributed by atoms with Gasteiger partial charge < -0.3 is 15.1 Å². The number of urea groups is 1. The number of H-pyrrole nitrogens is 1. The highest BCUT2D eigenvalue weighted by molar-refractivity contribution is 6.04. The number of nitrogens with one attached hydrogen (secondary N) is 3. The number of imide groups is 1. The molecule has 10 nitrogen and oxygen atoms in total. The number of aromatic amines is 1. The van der Waals surface area contributed by atoms with Crippen molar-refractivity contribution in [3.8, 4) is 0 Å². The molecule has 10 heteroatoms. The van der Waals surface area contributed by atoms with Gasteiger partial charge in [0.1, 0.15) is 11.7 Å². The lowest BCUT2D eigenvalue weighted by Gasteiger charge is -2.22. The van der Waals surface area contributed by atoms with E-state index in [9.17, 15) is 19.2 Å². The molecule has 0 spiro atoms. The van der Waals surface area contributed by atoms with Gasteiger partial charge in [0.2, 0.25) is 5.91 Å². The molecule has 158 valence electrons. The van der Waals surface area contributed by atoms with Crippen LogP contribution >= 0.6 is 0 Å². The van der Waals surface area contributed by atoms with E-state index in [1.54, 1.807) is 15.9 Å². The van der Waals surface area contributed by atoms with Crippen molar-refractivity contribution in [1.29, 1.82) is 0 Å². The molecule has 0 radical (unpaired) electrons. The third-order valence-corrected chi connectivity index (χ3v) is 5.12. The first kappa shape index (κ1) is 20.8. The molecule has 3 heterocycles. The van der Waals surface area contributed by atoms with Crippen LogP contribution in [0.3, 0.4) is 0 Å². The third-order valence-electron chi connectivity index (χ3n) is 5.12. The van der Waals surface area contributed by atoms with Gasteiger partial charge in [0.25, 0.3) is 11.8 Å². The van der Waals surface area contributed by atoms with Crippen molar-refractivity contribution >= 4 is 23.8 Å². The average Bonchev–Trinajstić information content (AvgIpc) is 3.15. The van der Waals surface area contributed by atoms with E-state index in [-0.39, 0.29) is 24.7 Å². The number of aromatic nitrogens is 2. The minimum atomic E-state index is -0.656. The molecule has 0 saturated carbocycles. The molecule has 1 aromatic rings. The Bertz CT molecular complexity index is 789. The van der Waals surface area contributed by atoms with Crippen molar-refractivity contribution in [2.24, 2.45) is 5.92 Å². The molecule has 3 rings (SSSR count). The number of carbonyl (C=O) groups excluding carboxylic acids is 4. The summed E-state index contributed by atoms with van der Waals surface area (Å²) in [5, 5.41) is 11.7. The molecule has 29 heavy (non-hydrogen) atoms. The predicted octanol–water partition coefficient (Wildman–Crippen LogP) is 0.271. The van der Waals surface area contributed by atoms with Gasteiger partial charge in [-0.05, 0) is 31.2 Å². The van der Waals surface area contributed by atoms with Crippen LogP contribution in [0.4, 0.5) is 4.79 Å². The maximum Gasteiger partial charge on any atom is 0.322 e. The third kappa shape index (κ3) is 5.33. The van der Waals surface area contributed by atoms with Crippen molar-refractivity contribution in [3.05, 3.63) is 17.5 Å². The Morgan fingerprint density at radius 1 is 1.17 bits per heavy atom. The van der Waals surface area contributed by atoms with E-state index in [2.05, 4.69) is 34.7 Å². The van der Waals surface area contributed by atoms with E-state index in [4.69, 9.17) is 0 Å². The summed E-state index contributed by atoms with van der Waals surface area (Å²) >= 11 is 0. The number of rotatable bonds is 6. The Labute approximate surface area is 169 Å². The van der Waals surface area contributed by atoms with Gasteiger partial charge in [-0.15, -0.1) is 0 Å². The normalized spacial score (nSPS) is 19.9. The molecule has 2 fully saturated rings. The molecule has 2 aliphatic heterocycles. The van der Waals surface area contributed by atoms with Crippen molar-refractivity contribution < 1.29 is 19.2 Å². The van der Waals surface area contributed by atoms with Crippen LogP contribution in [0, 0.1) is 5.92 Å². The van der Waals surface area contributed by atoms with Gasteiger partial charge in [-0.1, -0.05) is 13.8 Å². The van der Waals surface area contributed by atoms with Crippen LogP contribution in [0.15, 0.2) is 6.07 Å². The van der Waals surface area contributed by atoms with Gasteiger partial charge in [0.05, 0.1) is 0 Å². The fraction of sp³-hybridized carbons (Fsp3) is 0.632. The maximum atomic E-state index is 12.8. The zero-order valence-electron chi connectivity index (χ0n) is 16.9. The Balaban J connectivity index is 1.49. The van der Waals surface area contributed by atoms with Crippen LogP contribution < -0.4 is 10.6 Å². The van der Waals surface area contributed by atoms with E-state index in [0.717, 1.165) is 12.1 Å². The Morgan fingerprint density at radius 2 is 1.90 bits per heavy atom. The van der Waals surface area contributed by atoms with Crippen LogP contribution in [0.1, 0.15) is 49.3 Å². The quantitative estimate of drug-likeness (QED) is 0.587. The van der Waals surface area contributed by atoms with Gasteiger partial charge in [0.15, 0.2) is 0 Å². The molecule has 2 saturated heterocycles. The largest absolute Gasteiger partial charge is 0.341 e. The van der Waals surface area contributed by atoms with E-state index >= 15 is 0 Å². The first-order valence-electron chi connectivity index (χ1n) is 10.1. The van der Waals surface area contributed by atoms with Crippen LogP contribution in [0.5, 0.6) is 0 Å². The average molecular weight is 404 g/mol. The number of carbonyl (C=O) groups is 4. The van der Waals surface area contributed by atoms with Crippen LogP contribution in [0.25, 0.3) is 0 Å². The van der Waals surface area contributed by atoms with Crippen molar-refractivity contribution in [2.45, 2.75) is 45.6 Å². The summed E-state index contributed by atoms with van der Waals surface area (Å²) in [5.41, 5.74) is 1.35. The lowest BCUT2D eigenvalue weighted by Crippen LogP contribution is -2.38. The monoisotopic (exact) mass is 404 g/mol. The molecule has 5 amide bonds. The van der Waals surface area contributed by atoms with E-state index in [1.165, 1.54) is 0 Å². The Morgan fingerprint density at radius 3 is 2.59 bits per heavy atom. The van der Waals surface area contributed by atoms with Crippen LogP contribution in [-0.4, -0.2) is 76.0 Å². The Kier molecular flexibility index (Phi) is 6.50. The summed E-state index contributed by atoms with van der Waals surface area (Å²) in [6.45, 7) is 6.22. The lowest BCUT2D eigenvalue weighted by molar-refractivity contribution is -0.131. The zero-order valence-corrected chi connectivity index (χ0v) is 16.9. The van der Waals surface area contributed by atoms with Crippen molar-refractivity contribution in [3.63, 3.8) is 0 Å². The predicted molar refractivity (Wildman–Crippen MR) is 104 cm³/mol. The first-order valence-corrected chi connectivity index (χ1v) is 10.1. The number of hydrogen-bond acceptors (Lipinski definition) is 5. The van der Waals surface area contributed by atoms with Gasteiger partial charge in [-0.2, -0.15) is 5.10 Å². The highest BCUT2D eigenvalue weighted by Crippen LogP contribution is 2.13. The molecule has 0 aliphatic carbocycles. The fourth-order valence-electron chi connectivity index (χ4n) is 3.64. The lowest BCUT2D eigenvalue weighted by atomic mass is 10.1. The summed E-state index contributed by atoms with van der Waals surface area (Å²) in [6, 6.07) is 0.624. The highest BCUT2D eigenvalue weighted by Gasteiger charge is 2.30.